The molecule has 0 rings (SSSR count). The summed E-state index contributed by atoms with van der Waals surface area (Å²) in [5, 5.41) is 0. The predicted molar refractivity (Wildman–Crippen MR) is 18.2 cm³/mol. The van der Waals surface area contributed by atoms with Crippen LogP contribution in [0, 0.1) is 0 Å². The van der Waals surface area contributed by atoms with Crippen LogP contribution in [0.4, 0.5) is 0 Å². The summed E-state index contributed by atoms with van der Waals surface area (Å²) in [6.45, 7) is 1.23. The molecule has 6 heavy (non-hydrogen) atoms. The number of carbonyl (C=O) groups excluding carboxylic acids is 1. The van der Waals surface area contributed by atoms with Gasteiger partial charge in [-0.15, -0.1) is 0 Å². The van der Waals surface area contributed by atoms with Gasteiger partial charge in [0.25, 0.3) is 0 Å². The van der Waals surface area contributed by atoms with Gasteiger partial charge in [-0.1, -0.05) is 0 Å². The zero-order valence-electron chi connectivity index (χ0n) is 3.30. The van der Waals surface area contributed by atoms with Gasteiger partial charge in [0.2, 0.25) is 0 Å². The summed E-state index contributed by atoms with van der Waals surface area (Å²) in [5.41, 5.74) is 0. The maximum absolute atomic E-state index is 9.66. The fraction of sp³-hybridized carbons (Fsp3) is 0.500. The molecular formula is C2H3GaO3. The summed E-state index contributed by atoms with van der Waals surface area (Å²) < 4.78 is 13.5. The Kier molecular flexibility index (Phi) is 3.06. The molecule has 0 aromatic carbocycles. The van der Waals surface area contributed by atoms with Crippen molar-refractivity contribution in [2.24, 2.45) is 0 Å². The molecule has 0 unspecified atom stereocenters. The van der Waals surface area contributed by atoms with Gasteiger partial charge < -0.3 is 0 Å². The van der Waals surface area contributed by atoms with Gasteiger partial charge in [0.1, 0.15) is 0 Å². The molecule has 0 bridgehead atoms. The van der Waals surface area contributed by atoms with Crippen LogP contribution < -0.4 is 0 Å². The Morgan fingerprint density at radius 1 is 1.83 bits per heavy atom. The van der Waals surface area contributed by atoms with E-state index < -0.39 is 23.7 Å². The molecule has 0 atom stereocenters. The molecule has 0 aliphatic carbocycles. The van der Waals surface area contributed by atoms with Crippen LogP contribution >= 0.6 is 0 Å². The minimum atomic E-state index is -1.85. The molecule has 0 saturated carbocycles. The first-order valence-electron chi connectivity index (χ1n) is 1.38. The Bertz CT molecular complexity index is 69.2. The molecule has 0 aromatic rings. The quantitative estimate of drug-likeness (QED) is 0.467. The van der Waals surface area contributed by atoms with E-state index in [9.17, 15) is 8.33 Å². The van der Waals surface area contributed by atoms with Crippen LogP contribution in [0.2, 0.25) is 0 Å². The fourth-order valence-electron chi connectivity index (χ4n) is 0.0678. The van der Waals surface area contributed by atoms with Gasteiger partial charge in [-0.25, -0.2) is 0 Å². The summed E-state index contributed by atoms with van der Waals surface area (Å²) in [7, 11) is 0. The molecule has 0 amide bonds. The van der Waals surface area contributed by atoms with Gasteiger partial charge in [-0.05, 0) is 0 Å². The molecule has 0 aliphatic rings. The van der Waals surface area contributed by atoms with E-state index in [0.717, 1.165) is 0 Å². The van der Waals surface area contributed by atoms with E-state index in [2.05, 4.69) is 3.53 Å². The average molecular weight is 145 g/mol. The Labute approximate surface area is 43.1 Å². The summed E-state index contributed by atoms with van der Waals surface area (Å²) in [6.07, 6.45) is 0. The standard InChI is InChI=1S/C2H4O2.Ga.O/c1-2(3)4;;/h1H3,(H,3,4);;/q;+1;/p-1. The maximum atomic E-state index is 9.66. The van der Waals surface area contributed by atoms with E-state index in [0.29, 0.717) is 0 Å². The molecule has 0 spiro atoms. The van der Waals surface area contributed by atoms with Crippen molar-refractivity contribution in [2.45, 2.75) is 6.92 Å². The Hall–Kier alpha value is -0.0936. The molecular weight excluding hydrogens is 142 g/mol. The second-order valence-electron chi connectivity index (χ2n) is 0.706. The van der Waals surface area contributed by atoms with Crippen molar-refractivity contribution in [2.75, 3.05) is 0 Å². The molecule has 0 aromatic heterocycles. The first-order chi connectivity index (χ1) is 2.77. The van der Waals surface area contributed by atoms with Crippen LogP contribution in [0.1, 0.15) is 6.92 Å². The Balaban J connectivity index is 3.05. The first-order valence-corrected chi connectivity index (χ1v) is 3.36. The molecule has 4 heteroatoms. The number of hydrogen-bond donors (Lipinski definition) is 0. The van der Waals surface area contributed by atoms with E-state index in [4.69, 9.17) is 0 Å². The van der Waals surface area contributed by atoms with E-state index in [-0.39, 0.29) is 0 Å². The number of carbonyl (C=O) groups is 1. The van der Waals surface area contributed by atoms with Crippen LogP contribution in [0.3, 0.4) is 0 Å². The van der Waals surface area contributed by atoms with E-state index in [1.54, 1.807) is 0 Å². The molecule has 0 heterocycles. The van der Waals surface area contributed by atoms with E-state index >= 15 is 0 Å². The van der Waals surface area contributed by atoms with Gasteiger partial charge >= 0.3 is 42.5 Å². The summed E-state index contributed by atoms with van der Waals surface area (Å²) in [4.78, 5) is 9.66. The SMILES string of the molecule is CC(=O)[O][Ga]=[O]. The molecule has 0 N–H and O–H groups in total. The normalized spacial score (nSPS) is 6.17. The summed E-state index contributed by atoms with van der Waals surface area (Å²) in [6, 6.07) is 0. The van der Waals surface area contributed by atoms with E-state index in [1.165, 1.54) is 6.92 Å². The van der Waals surface area contributed by atoms with Crippen LogP contribution in [-0.4, -0.2) is 23.7 Å². The predicted octanol–water partition coefficient (Wildman–Crippen LogP) is -0.486. The zero-order chi connectivity index (χ0) is 4.99. The minimum absolute atomic E-state index is 0.454. The monoisotopic (exact) mass is 144 g/mol. The number of rotatable bonds is 1. The molecule has 0 saturated heterocycles. The molecule has 0 fully saturated rings. The topological polar surface area (TPSA) is 43.4 Å². The molecule has 32 valence electrons. The summed E-state index contributed by atoms with van der Waals surface area (Å²) >= 11 is -1.85. The van der Waals surface area contributed by atoms with Crippen molar-refractivity contribution in [1.29, 1.82) is 0 Å². The van der Waals surface area contributed by atoms with Gasteiger partial charge in [0.15, 0.2) is 0 Å². The van der Waals surface area contributed by atoms with Crippen molar-refractivity contribution < 1.29 is 11.9 Å². The second-order valence-corrected chi connectivity index (χ2v) is 1.60. The molecule has 3 nitrogen and oxygen atoms in total. The fourth-order valence-corrected chi connectivity index (χ4v) is 0.352. The zero-order valence-corrected chi connectivity index (χ0v) is 5.72. The van der Waals surface area contributed by atoms with Gasteiger partial charge in [-0.2, -0.15) is 0 Å². The van der Waals surface area contributed by atoms with Crippen molar-refractivity contribution in [3.8, 4) is 0 Å². The second kappa shape index (κ2) is 3.11. The molecule has 0 radical (unpaired) electrons. The molecule has 0 aliphatic heterocycles. The average Bonchev–Trinajstić information content (AvgIpc) is 1.35. The summed E-state index contributed by atoms with van der Waals surface area (Å²) in [5.74, 6) is -0.454. The van der Waals surface area contributed by atoms with Crippen molar-refractivity contribution in [3.63, 3.8) is 0 Å². The van der Waals surface area contributed by atoms with Crippen LogP contribution in [0.5, 0.6) is 0 Å². The number of hydrogen-bond acceptors (Lipinski definition) is 3. The third-order valence-corrected chi connectivity index (χ3v) is 1.11. The van der Waals surface area contributed by atoms with Crippen LogP contribution in [0.25, 0.3) is 0 Å². The first kappa shape index (κ1) is 5.91. The Morgan fingerprint density at radius 2 is 2.33 bits per heavy atom. The van der Waals surface area contributed by atoms with Gasteiger partial charge in [-0.3, -0.25) is 0 Å². The van der Waals surface area contributed by atoms with Crippen molar-refractivity contribution in [3.05, 3.63) is 0 Å². The van der Waals surface area contributed by atoms with Crippen molar-refractivity contribution in [1.82, 2.24) is 0 Å². The third-order valence-electron chi connectivity index (χ3n) is 0.214. The van der Waals surface area contributed by atoms with Crippen molar-refractivity contribution >= 4 is 23.7 Å². The Morgan fingerprint density at radius 3 is 2.33 bits per heavy atom. The van der Waals surface area contributed by atoms with Gasteiger partial charge in [0.05, 0.1) is 0 Å². The van der Waals surface area contributed by atoms with E-state index in [1.807, 2.05) is 0 Å². The van der Waals surface area contributed by atoms with Crippen LogP contribution in [-0.2, 0) is 11.9 Å². The van der Waals surface area contributed by atoms with Crippen LogP contribution in [0.15, 0.2) is 0 Å². The van der Waals surface area contributed by atoms with Gasteiger partial charge in [0, 0.05) is 0 Å². The third kappa shape index (κ3) is 3.91.